The number of hydrogen-bond acceptors (Lipinski definition) is 4. The third-order valence-corrected chi connectivity index (χ3v) is 5.33. The molecule has 0 saturated carbocycles. The second kappa shape index (κ2) is 8.28. The summed E-state index contributed by atoms with van der Waals surface area (Å²) in [7, 11) is -3.27. The van der Waals surface area contributed by atoms with E-state index in [1.165, 1.54) is 6.92 Å². The first-order valence-electron chi connectivity index (χ1n) is 6.70. The minimum Gasteiger partial charge on any atom is -0.480 e. The molecule has 1 unspecified atom stereocenters. The van der Waals surface area contributed by atoms with Gasteiger partial charge in [-0.15, -0.1) is 0 Å². The van der Waals surface area contributed by atoms with Crippen molar-refractivity contribution in [2.24, 2.45) is 0 Å². The fraction of sp³-hybridized carbons (Fsp3) is 0.429. The first-order chi connectivity index (χ1) is 10.2. The summed E-state index contributed by atoms with van der Waals surface area (Å²) in [6, 6.07) is 5.86. The number of halogens is 1. The summed E-state index contributed by atoms with van der Waals surface area (Å²) in [5.74, 6) is -2.01. The van der Waals surface area contributed by atoms with Gasteiger partial charge in [-0.25, -0.2) is 13.2 Å². The van der Waals surface area contributed by atoms with Crippen molar-refractivity contribution >= 4 is 37.6 Å². The van der Waals surface area contributed by atoms with Crippen LogP contribution in [0.4, 0.5) is 0 Å². The van der Waals surface area contributed by atoms with Gasteiger partial charge in [-0.1, -0.05) is 35.0 Å². The molecule has 1 atom stereocenters. The van der Waals surface area contributed by atoms with E-state index in [1.54, 1.807) is 24.3 Å². The summed E-state index contributed by atoms with van der Waals surface area (Å²) in [5.41, 5.74) is 0.742. The van der Waals surface area contributed by atoms with E-state index < -0.39 is 27.8 Å². The largest absolute Gasteiger partial charge is 0.480 e. The van der Waals surface area contributed by atoms with E-state index in [0.29, 0.717) is 0 Å². The van der Waals surface area contributed by atoms with E-state index in [0.717, 1.165) is 10.0 Å². The number of sulfone groups is 1. The van der Waals surface area contributed by atoms with Gasteiger partial charge in [-0.05, 0) is 24.1 Å². The molecule has 8 heteroatoms. The Morgan fingerprint density at radius 2 is 1.86 bits per heavy atom. The van der Waals surface area contributed by atoms with E-state index in [4.69, 9.17) is 5.11 Å². The molecular formula is C14H18BrNO5S. The van der Waals surface area contributed by atoms with Crippen molar-refractivity contribution in [2.75, 3.05) is 11.5 Å². The molecule has 0 radical (unpaired) electrons. The molecule has 0 aliphatic carbocycles. The van der Waals surface area contributed by atoms with Crippen molar-refractivity contribution in [3.05, 3.63) is 34.3 Å². The van der Waals surface area contributed by atoms with Gasteiger partial charge in [0.25, 0.3) is 0 Å². The normalized spacial score (nSPS) is 12.6. The average molecular weight is 392 g/mol. The molecule has 1 rings (SSSR count). The van der Waals surface area contributed by atoms with Crippen molar-refractivity contribution in [2.45, 2.75) is 25.8 Å². The standard InChI is InChI=1S/C14H18BrNO5S/c1-2-22(20,21)8-7-12(14(18)19)16-13(17)9-10-3-5-11(15)6-4-10/h3-6,12H,2,7-9H2,1H3,(H,16,17)(H,18,19). The van der Waals surface area contributed by atoms with Crippen molar-refractivity contribution in [3.8, 4) is 0 Å². The van der Waals surface area contributed by atoms with Gasteiger partial charge in [-0.2, -0.15) is 0 Å². The Morgan fingerprint density at radius 1 is 1.27 bits per heavy atom. The first-order valence-corrected chi connectivity index (χ1v) is 9.32. The molecule has 0 saturated heterocycles. The maximum Gasteiger partial charge on any atom is 0.326 e. The lowest BCUT2D eigenvalue weighted by molar-refractivity contribution is -0.141. The molecule has 0 aliphatic rings. The topological polar surface area (TPSA) is 101 Å². The zero-order valence-corrected chi connectivity index (χ0v) is 14.5. The monoisotopic (exact) mass is 391 g/mol. The predicted molar refractivity (Wildman–Crippen MR) is 86.4 cm³/mol. The van der Waals surface area contributed by atoms with Gasteiger partial charge >= 0.3 is 5.97 Å². The third-order valence-electron chi connectivity index (χ3n) is 3.07. The fourth-order valence-electron chi connectivity index (χ4n) is 1.73. The molecular weight excluding hydrogens is 374 g/mol. The second-order valence-corrected chi connectivity index (χ2v) is 8.18. The van der Waals surface area contributed by atoms with E-state index in [-0.39, 0.29) is 24.3 Å². The number of aliphatic carboxylic acids is 1. The summed E-state index contributed by atoms with van der Waals surface area (Å²) in [6.45, 7) is 1.50. The van der Waals surface area contributed by atoms with Crippen LogP contribution in [0.15, 0.2) is 28.7 Å². The van der Waals surface area contributed by atoms with Crippen LogP contribution in [0.1, 0.15) is 18.9 Å². The van der Waals surface area contributed by atoms with Crippen LogP contribution in [0.25, 0.3) is 0 Å². The van der Waals surface area contributed by atoms with Gasteiger partial charge in [-0.3, -0.25) is 4.79 Å². The molecule has 0 bridgehead atoms. The van der Waals surface area contributed by atoms with Gasteiger partial charge in [0.05, 0.1) is 12.2 Å². The molecule has 22 heavy (non-hydrogen) atoms. The summed E-state index contributed by atoms with van der Waals surface area (Å²) in [4.78, 5) is 23.0. The maximum atomic E-state index is 11.9. The van der Waals surface area contributed by atoms with Gasteiger partial charge in [0.15, 0.2) is 0 Å². The Balaban J connectivity index is 2.61. The molecule has 1 amide bonds. The molecule has 122 valence electrons. The van der Waals surface area contributed by atoms with Gasteiger partial charge in [0, 0.05) is 10.2 Å². The molecule has 0 fully saturated rings. The fourth-order valence-corrected chi connectivity index (χ4v) is 2.88. The van der Waals surface area contributed by atoms with Crippen LogP contribution in [-0.4, -0.2) is 42.9 Å². The van der Waals surface area contributed by atoms with Crippen LogP contribution < -0.4 is 5.32 Å². The molecule has 0 aromatic heterocycles. The predicted octanol–water partition coefficient (Wildman–Crippen LogP) is 1.39. The van der Waals surface area contributed by atoms with Gasteiger partial charge in [0.1, 0.15) is 15.9 Å². The number of amides is 1. The number of benzene rings is 1. The molecule has 6 nitrogen and oxygen atoms in total. The number of carbonyl (C=O) groups is 2. The summed E-state index contributed by atoms with van der Waals surface area (Å²) >= 11 is 3.28. The van der Waals surface area contributed by atoms with Crippen molar-refractivity contribution < 1.29 is 23.1 Å². The van der Waals surface area contributed by atoms with E-state index in [2.05, 4.69) is 21.2 Å². The van der Waals surface area contributed by atoms with Crippen LogP contribution in [0.2, 0.25) is 0 Å². The number of carbonyl (C=O) groups excluding carboxylic acids is 1. The van der Waals surface area contributed by atoms with Crippen LogP contribution in [0.3, 0.4) is 0 Å². The zero-order valence-electron chi connectivity index (χ0n) is 12.1. The van der Waals surface area contributed by atoms with Crippen molar-refractivity contribution in [3.63, 3.8) is 0 Å². The zero-order chi connectivity index (χ0) is 16.8. The van der Waals surface area contributed by atoms with Crippen LogP contribution in [0.5, 0.6) is 0 Å². The molecule has 0 spiro atoms. The number of nitrogens with one attached hydrogen (secondary N) is 1. The first kappa shape index (κ1) is 18.6. The van der Waals surface area contributed by atoms with E-state index in [1.807, 2.05) is 0 Å². The maximum absolute atomic E-state index is 11.9. The van der Waals surface area contributed by atoms with E-state index in [9.17, 15) is 18.0 Å². The molecule has 0 aliphatic heterocycles. The minimum atomic E-state index is -3.27. The highest BCUT2D eigenvalue weighted by molar-refractivity contribution is 9.10. The Morgan fingerprint density at radius 3 is 2.36 bits per heavy atom. The molecule has 1 aromatic carbocycles. The quantitative estimate of drug-likeness (QED) is 0.696. The Labute approximate surface area is 138 Å². The Hall–Kier alpha value is -1.41. The lowest BCUT2D eigenvalue weighted by Crippen LogP contribution is -2.42. The lowest BCUT2D eigenvalue weighted by Gasteiger charge is -2.14. The SMILES string of the molecule is CCS(=O)(=O)CCC(NC(=O)Cc1ccc(Br)cc1)C(=O)O. The number of carboxylic acid groups (broad SMARTS) is 1. The highest BCUT2D eigenvalue weighted by Crippen LogP contribution is 2.11. The summed E-state index contributed by atoms with van der Waals surface area (Å²) < 4.78 is 23.7. The molecule has 1 aromatic rings. The highest BCUT2D eigenvalue weighted by Gasteiger charge is 2.22. The number of rotatable bonds is 8. The number of carboxylic acids is 1. The van der Waals surface area contributed by atoms with Crippen LogP contribution in [-0.2, 0) is 25.8 Å². The molecule has 0 heterocycles. The third kappa shape index (κ3) is 6.57. The second-order valence-electron chi connectivity index (χ2n) is 4.79. The smallest absolute Gasteiger partial charge is 0.326 e. The highest BCUT2D eigenvalue weighted by atomic mass is 79.9. The van der Waals surface area contributed by atoms with Gasteiger partial charge < -0.3 is 10.4 Å². The van der Waals surface area contributed by atoms with Crippen molar-refractivity contribution in [1.82, 2.24) is 5.32 Å². The van der Waals surface area contributed by atoms with Gasteiger partial charge in [0.2, 0.25) is 5.91 Å². The van der Waals surface area contributed by atoms with E-state index >= 15 is 0 Å². The molecule has 2 N–H and O–H groups in total. The lowest BCUT2D eigenvalue weighted by atomic mass is 10.1. The minimum absolute atomic E-state index is 0.0393. The number of hydrogen-bond donors (Lipinski definition) is 2. The Kier molecular flexibility index (Phi) is 7.02. The summed E-state index contributed by atoms with van der Waals surface area (Å²) in [5, 5.41) is 11.4. The Bertz CT molecular complexity index is 627. The van der Waals surface area contributed by atoms with Crippen LogP contribution in [0, 0.1) is 0 Å². The van der Waals surface area contributed by atoms with Crippen LogP contribution >= 0.6 is 15.9 Å². The van der Waals surface area contributed by atoms with Crippen molar-refractivity contribution in [1.29, 1.82) is 0 Å². The summed E-state index contributed by atoms with van der Waals surface area (Å²) in [6.07, 6.45) is -0.102. The average Bonchev–Trinajstić information content (AvgIpc) is 2.45.